The van der Waals surface area contributed by atoms with Gasteiger partial charge in [0.1, 0.15) is 12.6 Å². The SMILES string of the molecule is CCCNC(=O)[C@@H](Cc1ccccc1)N(Cc1ccc(C)cc1)C(=O)CN(c1ccccc1Cl)S(=O)(=O)c1ccccc1. The predicted molar refractivity (Wildman–Crippen MR) is 171 cm³/mol. The van der Waals surface area contributed by atoms with Gasteiger partial charge in [0.05, 0.1) is 15.6 Å². The third kappa shape index (κ3) is 8.24. The quantitative estimate of drug-likeness (QED) is 0.199. The summed E-state index contributed by atoms with van der Waals surface area (Å²) in [7, 11) is -4.20. The minimum Gasteiger partial charge on any atom is -0.354 e. The number of rotatable bonds is 13. The monoisotopic (exact) mass is 617 g/mol. The Morgan fingerprint density at radius 3 is 2.05 bits per heavy atom. The number of carbonyl (C=O) groups excluding carboxylic acids is 2. The number of carbonyl (C=O) groups is 2. The van der Waals surface area contributed by atoms with Crippen LogP contribution >= 0.6 is 11.6 Å². The molecule has 4 rings (SSSR count). The first kappa shape index (κ1) is 31.8. The summed E-state index contributed by atoms with van der Waals surface area (Å²) in [5, 5.41) is 3.13. The maximum atomic E-state index is 14.4. The number of para-hydroxylation sites is 1. The van der Waals surface area contributed by atoms with Crippen molar-refractivity contribution in [1.82, 2.24) is 10.2 Å². The zero-order valence-corrected chi connectivity index (χ0v) is 25.9. The fraction of sp³-hybridized carbons (Fsp3) is 0.235. The smallest absolute Gasteiger partial charge is 0.264 e. The maximum absolute atomic E-state index is 14.4. The zero-order chi connectivity index (χ0) is 30.8. The van der Waals surface area contributed by atoms with Crippen LogP contribution in [0.3, 0.4) is 0 Å². The first-order valence-electron chi connectivity index (χ1n) is 14.2. The van der Waals surface area contributed by atoms with Gasteiger partial charge in [-0.3, -0.25) is 13.9 Å². The van der Waals surface area contributed by atoms with Gasteiger partial charge in [-0.25, -0.2) is 8.42 Å². The van der Waals surface area contributed by atoms with E-state index in [1.165, 1.54) is 17.0 Å². The Morgan fingerprint density at radius 2 is 1.42 bits per heavy atom. The molecule has 0 aliphatic heterocycles. The van der Waals surface area contributed by atoms with Crippen LogP contribution in [0.2, 0.25) is 5.02 Å². The van der Waals surface area contributed by atoms with Gasteiger partial charge in [-0.15, -0.1) is 0 Å². The number of aryl methyl sites for hydroxylation is 1. The van der Waals surface area contributed by atoms with Crippen molar-refractivity contribution in [2.75, 3.05) is 17.4 Å². The second kappa shape index (κ2) is 14.8. The molecule has 1 atom stereocenters. The van der Waals surface area contributed by atoms with E-state index >= 15 is 0 Å². The summed E-state index contributed by atoms with van der Waals surface area (Å²) in [5.41, 5.74) is 2.92. The van der Waals surface area contributed by atoms with Crippen LogP contribution in [0.5, 0.6) is 0 Å². The average molecular weight is 618 g/mol. The van der Waals surface area contributed by atoms with Gasteiger partial charge in [-0.05, 0) is 48.7 Å². The lowest BCUT2D eigenvalue weighted by molar-refractivity contribution is -0.140. The molecule has 0 aliphatic rings. The van der Waals surface area contributed by atoms with Crippen molar-refractivity contribution >= 4 is 39.1 Å². The average Bonchev–Trinajstić information content (AvgIpc) is 3.02. The van der Waals surface area contributed by atoms with Crippen LogP contribution < -0.4 is 9.62 Å². The predicted octanol–water partition coefficient (Wildman–Crippen LogP) is 6.01. The van der Waals surface area contributed by atoms with Gasteiger partial charge >= 0.3 is 0 Å². The molecule has 4 aromatic carbocycles. The first-order valence-corrected chi connectivity index (χ1v) is 16.0. The normalized spacial score (nSPS) is 11.9. The summed E-state index contributed by atoms with van der Waals surface area (Å²) < 4.78 is 29.0. The molecule has 0 saturated carbocycles. The van der Waals surface area contributed by atoms with E-state index in [-0.39, 0.29) is 34.5 Å². The lowest BCUT2D eigenvalue weighted by atomic mass is 10.0. The summed E-state index contributed by atoms with van der Waals surface area (Å²) >= 11 is 6.50. The van der Waals surface area contributed by atoms with E-state index in [9.17, 15) is 18.0 Å². The van der Waals surface area contributed by atoms with E-state index in [2.05, 4.69) is 5.32 Å². The number of benzene rings is 4. The molecule has 0 aromatic heterocycles. The van der Waals surface area contributed by atoms with Crippen molar-refractivity contribution < 1.29 is 18.0 Å². The van der Waals surface area contributed by atoms with E-state index in [1.807, 2.05) is 68.4 Å². The number of amides is 2. The van der Waals surface area contributed by atoms with Gasteiger partial charge in [0.25, 0.3) is 10.0 Å². The second-order valence-corrected chi connectivity index (χ2v) is 12.5. The molecule has 9 heteroatoms. The van der Waals surface area contributed by atoms with Crippen molar-refractivity contribution in [3.63, 3.8) is 0 Å². The van der Waals surface area contributed by atoms with Gasteiger partial charge in [0, 0.05) is 19.5 Å². The van der Waals surface area contributed by atoms with Gasteiger partial charge in [-0.2, -0.15) is 0 Å². The lowest BCUT2D eigenvalue weighted by Gasteiger charge is -2.34. The topological polar surface area (TPSA) is 86.8 Å². The van der Waals surface area contributed by atoms with E-state index in [0.29, 0.717) is 6.54 Å². The van der Waals surface area contributed by atoms with Crippen LogP contribution in [0, 0.1) is 6.92 Å². The van der Waals surface area contributed by atoms with Crippen LogP contribution in [0.15, 0.2) is 114 Å². The molecule has 0 bridgehead atoms. The fourth-order valence-corrected chi connectivity index (χ4v) is 6.44. The van der Waals surface area contributed by atoms with Crippen molar-refractivity contribution in [2.24, 2.45) is 0 Å². The van der Waals surface area contributed by atoms with Gasteiger partial charge in [-0.1, -0.05) is 109 Å². The standard InChI is InChI=1S/C34H36ClN3O4S/c1-3-22-36-34(40)32(23-27-12-6-4-7-13-27)37(24-28-20-18-26(2)19-21-28)33(39)25-38(31-17-11-10-16-30(31)35)43(41,42)29-14-8-5-9-15-29/h4-21,32H,3,22-25H2,1-2H3,(H,36,40)/t32-/m1/s1. The number of nitrogens with one attached hydrogen (secondary N) is 1. The summed E-state index contributed by atoms with van der Waals surface area (Å²) in [6.07, 6.45) is 0.983. The molecule has 0 spiro atoms. The van der Waals surface area contributed by atoms with Gasteiger partial charge in [0.15, 0.2) is 0 Å². The minimum atomic E-state index is -4.20. The molecule has 2 amide bonds. The molecule has 1 N–H and O–H groups in total. The van der Waals surface area contributed by atoms with Crippen molar-refractivity contribution in [3.8, 4) is 0 Å². The molecule has 0 heterocycles. The molecule has 0 aliphatic carbocycles. The molecule has 4 aromatic rings. The Bertz CT molecular complexity index is 1610. The molecule has 43 heavy (non-hydrogen) atoms. The highest BCUT2D eigenvalue weighted by atomic mass is 35.5. The molecule has 0 unspecified atom stereocenters. The number of nitrogens with zero attached hydrogens (tertiary/aromatic N) is 2. The van der Waals surface area contributed by atoms with Gasteiger partial charge < -0.3 is 10.2 Å². The van der Waals surface area contributed by atoms with Gasteiger partial charge in [0.2, 0.25) is 11.8 Å². The summed E-state index contributed by atoms with van der Waals surface area (Å²) in [6.45, 7) is 3.93. The van der Waals surface area contributed by atoms with E-state index in [1.54, 1.807) is 42.5 Å². The molecule has 0 fully saturated rings. The Morgan fingerprint density at radius 1 is 0.814 bits per heavy atom. The lowest BCUT2D eigenvalue weighted by Crippen LogP contribution is -2.53. The third-order valence-corrected chi connectivity index (χ3v) is 9.12. The van der Waals surface area contributed by atoms with Crippen LogP contribution in [-0.2, 0) is 32.6 Å². The van der Waals surface area contributed by atoms with E-state index < -0.39 is 28.5 Å². The maximum Gasteiger partial charge on any atom is 0.264 e. The molecule has 7 nitrogen and oxygen atoms in total. The third-order valence-electron chi connectivity index (χ3n) is 7.03. The molecule has 224 valence electrons. The van der Waals surface area contributed by atoms with Crippen LogP contribution in [-0.4, -0.2) is 44.3 Å². The van der Waals surface area contributed by atoms with E-state index in [0.717, 1.165) is 27.4 Å². The molecule has 0 saturated heterocycles. The number of hydrogen-bond donors (Lipinski definition) is 1. The highest BCUT2D eigenvalue weighted by Gasteiger charge is 2.35. The van der Waals surface area contributed by atoms with Crippen LogP contribution in [0.1, 0.15) is 30.0 Å². The molecular formula is C34H36ClN3O4S. The van der Waals surface area contributed by atoms with Crippen molar-refractivity contribution in [3.05, 3.63) is 131 Å². The summed E-state index contributed by atoms with van der Waals surface area (Å²) in [5.74, 6) is -0.839. The first-order chi connectivity index (χ1) is 20.7. The number of hydrogen-bond acceptors (Lipinski definition) is 4. The highest BCUT2D eigenvalue weighted by molar-refractivity contribution is 7.92. The number of halogens is 1. The molecular weight excluding hydrogens is 582 g/mol. The number of sulfonamides is 1. The van der Waals surface area contributed by atoms with Crippen LogP contribution in [0.4, 0.5) is 5.69 Å². The minimum absolute atomic E-state index is 0.0225. The zero-order valence-electron chi connectivity index (χ0n) is 24.3. The van der Waals surface area contributed by atoms with E-state index in [4.69, 9.17) is 11.6 Å². The summed E-state index contributed by atoms with van der Waals surface area (Å²) in [4.78, 5) is 29.6. The Hall–Kier alpha value is -4.14. The second-order valence-electron chi connectivity index (χ2n) is 10.3. The fourth-order valence-electron chi connectivity index (χ4n) is 4.70. The van der Waals surface area contributed by atoms with Crippen molar-refractivity contribution in [2.45, 2.75) is 44.2 Å². The summed E-state index contributed by atoms with van der Waals surface area (Å²) in [6, 6.07) is 30.7. The largest absolute Gasteiger partial charge is 0.354 e. The highest BCUT2D eigenvalue weighted by Crippen LogP contribution is 2.31. The number of anilines is 1. The van der Waals surface area contributed by atoms with Crippen LogP contribution in [0.25, 0.3) is 0 Å². The van der Waals surface area contributed by atoms with Crippen molar-refractivity contribution in [1.29, 1.82) is 0 Å². The Balaban J connectivity index is 1.79. The molecule has 0 radical (unpaired) electrons. The Labute approximate surface area is 259 Å². The Kier molecular flexibility index (Phi) is 11.0.